The van der Waals surface area contributed by atoms with Gasteiger partial charge in [0, 0.05) is 23.6 Å². The molecule has 0 aliphatic heterocycles. The highest BCUT2D eigenvalue weighted by Crippen LogP contribution is 2.44. The van der Waals surface area contributed by atoms with Gasteiger partial charge in [0.1, 0.15) is 6.10 Å². The molecule has 1 heterocycles. The molecule has 0 radical (unpaired) electrons. The number of esters is 1. The van der Waals surface area contributed by atoms with Crippen molar-refractivity contribution in [1.82, 2.24) is 4.98 Å². The van der Waals surface area contributed by atoms with Crippen molar-refractivity contribution in [2.75, 3.05) is 0 Å². The van der Waals surface area contributed by atoms with Gasteiger partial charge in [0.25, 0.3) is 5.56 Å². The maximum atomic E-state index is 12.9. The molecule has 0 spiro atoms. The first kappa shape index (κ1) is 26.2. The molecule has 192 valence electrons. The normalized spacial score (nSPS) is 25.4. The highest BCUT2D eigenvalue weighted by atomic mass is 16.5. The first-order valence-corrected chi connectivity index (χ1v) is 13.7. The maximum Gasteiger partial charge on any atom is 0.309 e. The fraction of sp³-hybridized carbons (Fsp3) is 0.500. The van der Waals surface area contributed by atoms with E-state index in [9.17, 15) is 9.59 Å². The van der Waals surface area contributed by atoms with Crippen LogP contribution in [0.15, 0.2) is 71.1 Å². The van der Waals surface area contributed by atoms with Crippen molar-refractivity contribution in [1.29, 1.82) is 0 Å². The number of hydrogen-bond acceptors (Lipinski definition) is 3. The number of H-pyrrole nitrogens is 1. The van der Waals surface area contributed by atoms with Crippen molar-refractivity contribution >= 4 is 5.97 Å². The van der Waals surface area contributed by atoms with Gasteiger partial charge in [-0.05, 0) is 67.1 Å². The van der Waals surface area contributed by atoms with E-state index in [0.717, 1.165) is 48.9 Å². The molecule has 2 aromatic rings. The largest absolute Gasteiger partial charge is 0.461 e. The molecule has 0 saturated heterocycles. The minimum atomic E-state index is -0.0854. The molecule has 2 aliphatic rings. The zero-order chi connectivity index (χ0) is 25.7. The number of nitrogens with one attached hydrogen (secondary N) is 1. The highest BCUT2D eigenvalue weighted by Gasteiger charge is 2.41. The average molecular weight is 488 g/mol. The molecular formula is C32H41NO3. The molecule has 4 nitrogen and oxygen atoms in total. The van der Waals surface area contributed by atoms with E-state index in [4.69, 9.17) is 4.74 Å². The molecule has 0 fully saturated rings. The first-order chi connectivity index (χ1) is 17.4. The number of carbonyl (C=O) groups excluding carboxylic acids is 1. The van der Waals surface area contributed by atoms with Gasteiger partial charge in [-0.1, -0.05) is 82.3 Å². The van der Waals surface area contributed by atoms with Gasteiger partial charge in [0.15, 0.2) is 0 Å². The number of allylic oxidation sites excluding steroid dienone is 3. The van der Waals surface area contributed by atoms with Crippen molar-refractivity contribution in [3.05, 3.63) is 93.4 Å². The van der Waals surface area contributed by atoms with Crippen molar-refractivity contribution in [3.63, 3.8) is 0 Å². The van der Waals surface area contributed by atoms with Gasteiger partial charge < -0.3 is 9.72 Å². The van der Waals surface area contributed by atoms with Crippen molar-refractivity contribution in [2.45, 2.75) is 72.3 Å². The molecule has 0 amide bonds. The Hall–Kier alpha value is -2.88. The van der Waals surface area contributed by atoms with Crippen molar-refractivity contribution in [3.8, 4) is 0 Å². The minimum Gasteiger partial charge on any atom is -0.461 e. The maximum absolute atomic E-state index is 12.9. The summed E-state index contributed by atoms with van der Waals surface area (Å²) in [5.41, 5.74) is 4.21. The molecule has 1 aromatic heterocycles. The Labute approximate surface area is 215 Å². The van der Waals surface area contributed by atoms with Crippen molar-refractivity contribution in [2.24, 2.45) is 29.6 Å². The Morgan fingerprint density at radius 1 is 1.08 bits per heavy atom. The van der Waals surface area contributed by atoms with E-state index in [1.54, 1.807) is 0 Å². The third kappa shape index (κ3) is 6.08. The number of aromatic nitrogens is 1. The van der Waals surface area contributed by atoms with Gasteiger partial charge in [0.2, 0.25) is 0 Å². The minimum absolute atomic E-state index is 0.00278. The Bertz CT molecular complexity index is 1140. The highest BCUT2D eigenvalue weighted by molar-refractivity contribution is 5.72. The van der Waals surface area contributed by atoms with E-state index in [1.165, 1.54) is 5.57 Å². The van der Waals surface area contributed by atoms with Crippen LogP contribution < -0.4 is 5.56 Å². The van der Waals surface area contributed by atoms with Crippen LogP contribution in [0.25, 0.3) is 0 Å². The van der Waals surface area contributed by atoms with Crippen LogP contribution in [0.3, 0.4) is 0 Å². The second-order valence-electron chi connectivity index (χ2n) is 10.8. The van der Waals surface area contributed by atoms with Gasteiger partial charge >= 0.3 is 5.97 Å². The number of benzene rings is 1. The second-order valence-corrected chi connectivity index (χ2v) is 10.8. The summed E-state index contributed by atoms with van der Waals surface area (Å²) in [6.45, 7) is 8.60. The Morgan fingerprint density at radius 3 is 2.53 bits per heavy atom. The predicted molar refractivity (Wildman–Crippen MR) is 146 cm³/mol. The number of ether oxygens (including phenoxy) is 1. The van der Waals surface area contributed by atoms with Crippen LogP contribution in [0, 0.1) is 29.6 Å². The van der Waals surface area contributed by atoms with E-state index < -0.39 is 0 Å². The van der Waals surface area contributed by atoms with Crippen LogP contribution in [-0.4, -0.2) is 17.1 Å². The number of rotatable bonds is 9. The molecule has 4 heteroatoms. The molecule has 0 bridgehead atoms. The van der Waals surface area contributed by atoms with Gasteiger partial charge in [-0.3, -0.25) is 9.59 Å². The summed E-state index contributed by atoms with van der Waals surface area (Å²) >= 11 is 0. The predicted octanol–water partition coefficient (Wildman–Crippen LogP) is 6.65. The van der Waals surface area contributed by atoms with Crippen LogP contribution in [-0.2, 0) is 22.4 Å². The van der Waals surface area contributed by atoms with Crippen LogP contribution in [0.4, 0.5) is 0 Å². The molecule has 0 saturated carbocycles. The zero-order valence-electron chi connectivity index (χ0n) is 22.2. The number of carbonyl (C=O) groups is 1. The van der Waals surface area contributed by atoms with Crippen LogP contribution in [0.5, 0.6) is 0 Å². The number of fused-ring (bicyclic) bond motifs is 1. The summed E-state index contributed by atoms with van der Waals surface area (Å²) in [6, 6.07) is 14.1. The second kappa shape index (κ2) is 11.9. The van der Waals surface area contributed by atoms with Gasteiger partial charge in [-0.2, -0.15) is 0 Å². The number of pyridine rings is 1. The summed E-state index contributed by atoms with van der Waals surface area (Å²) in [7, 11) is 0. The van der Waals surface area contributed by atoms with Crippen molar-refractivity contribution < 1.29 is 9.53 Å². The molecular weight excluding hydrogens is 446 g/mol. The monoisotopic (exact) mass is 487 g/mol. The third-order valence-corrected chi connectivity index (χ3v) is 8.22. The summed E-state index contributed by atoms with van der Waals surface area (Å²) < 4.78 is 6.23. The van der Waals surface area contributed by atoms with E-state index in [-0.39, 0.29) is 29.5 Å². The summed E-state index contributed by atoms with van der Waals surface area (Å²) in [5.74, 6) is 1.29. The lowest BCUT2D eigenvalue weighted by Crippen LogP contribution is -2.41. The van der Waals surface area contributed by atoms with E-state index in [0.29, 0.717) is 24.2 Å². The number of aromatic amines is 1. The molecule has 5 unspecified atom stereocenters. The number of aryl methyl sites for hydroxylation is 1. The zero-order valence-corrected chi connectivity index (χ0v) is 22.2. The average Bonchev–Trinajstić information content (AvgIpc) is 2.86. The van der Waals surface area contributed by atoms with E-state index in [2.05, 4.69) is 57.0 Å². The van der Waals surface area contributed by atoms with E-state index in [1.807, 2.05) is 36.4 Å². The van der Waals surface area contributed by atoms with E-state index >= 15 is 0 Å². The smallest absolute Gasteiger partial charge is 0.309 e. The van der Waals surface area contributed by atoms with Crippen LogP contribution in [0.1, 0.15) is 70.2 Å². The molecule has 2 aliphatic carbocycles. The lowest BCUT2D eigenvalue weighted by Gasteiger charge is -2.43. The summed E-state index contributed by atoms with van der Waals surface area (Å²) in [4.78, 5) is 28.8. The molecule has 1 aromatic carbocycles. The Kier molecular flexibility index (Phi) is 8.66. The van der Waals surface area contributed by atoms with Gasteiger partial charge in [-0.15, -0.1) is 0 Å². The fourth-order valence-electron chi connectivity index (χ4n) is 6.06. The number of hydrogen-bond donors (Lipinski definition) is 1. The van der Waals surface area contributed by atoms with Gasteiger partial charge in [0.05, 0.1) is 5.92 Å². The van der Waals surface area contributed by atoms with Crippen LogP contribution in [0.2, 0.25) is 0 Å². The summed E-state index contributed by atoms with van der Waals surface area (Å²) in [5, 5.41) is 0. The topological polar surface area (TPSA) is 59.2 Å². The fourth-order valence-corrected chi connectivity index (χ4v) is 6.06. The summed E-state index contributed by atoms with van der Waals surface area (Å²) in [6.07, 6.45) is 11.7. The lowest BCUT2D eigenvalue weighted by molar-refractivity contribution is -0.159. The SMILES string of the molecule is CCC(CC)C(=O)OC1CC(C)C=C2C=CC(C)C(CCc3ccc(Cc4ccccc4)c(=O)[nH]3)C21. The third-order valence-electron chi connectivity index (χ3n) is 8.22. The van der Waals surface area contributed by atoms with Gasteiger partial charge in [-0.25, -0.2) is 0 Å². The molecule has 4 rings (SSSR count). The quantitative estimate of drug-likeness (QED) is 0.403. The molecule has 36 heavy (non-hydrogen) atoms. The van der Waals surface area contributed by atoms with Crippen LogP contribution >= 0.6 is 0 Å². The standard InChI is InChI=1S/C32H41NO3/c1-5-24(6-2)32(35)36-29-19-21(3)18-25-13-12-22(4)28(30(25)29)17-16-27-15-14-26(31(34)33-27)20-23-10-8-7-9-11-23/h7-15,18,21-22,24,28-30H,5-6,16-17,19-20H2,1-4H3,(H,33,34). The molecule has 5 atom stereocenters. The first-order valence-electron chi connectivity index (χ1n) is 13.7. The molecule has 1 N–H and O–H groups in total. The lowest BCUT2D eigenvalue weighted by atomic mass is 9.65. The Morgan fingerprint density at radius 2 is 1.83 bits per heavy atom. The Balaban J connectivity index is 1.49.